The van der Waals surface area contributed by atoms with Crippen LogP contribution in [0.25, 0.3) is 0 Å². The maximum Gasteiger partial charge on any atom is 0.155 e. The van der Waals surface area contributed by atoms with Gasteiger partial charge in [-0.3, -0.25) is 4.90 Å². The van der Waals surface area contributed by atoms with Crippen molar-refractivity contribution in [2.45, 2.75) is 66.5 Å². The van der Waals surface area contributed by atoms with Gasteiger partial charge in [-0.2, -0.15) is 12.2 Å². The monoisotopic (exact) mass is 698 g/mol. The molecule has 0 radical (unpaired) electrons. The molecule has 200 valence electrons. The largest absolute Gasteiger partial charge is 0.657 e. The number of aryl methyl sites for hydroxylation is 1. The van der Waals surface area contributed by atoms with E-state index < -0.39 is 0 Å². The van der Waals surface area contributed by atoms with Crippen LogP contribution in [-0.4, -0.2) is 16.6 Å². The molecule has 38 heavy (non-hydrogen) atoms. The quantitative estimate of drug-likeness (QED) is 0.215. The van der Waals surface area contributed by atoms with Crippen molar-refractivity contribution in [3.8, 4) is 17.6 Å². The van der Waals surface area contributed by atoms with E-state index in [1.807, 2.05) is 26.0 Å². The maximum absolute atomic E-state index is 10.5. The van der Waals surface area contributed by atoms with Gasteiger partial charge in [0.25, 0.3) is 0 Å². The van der Waals surface area contributed by atoms with Crippen LogP contribution in [0.4, 0.5) is 5.00 Å². The molecule has 2 N–H and O–H groups in total. The van der Waals surface area contributed by atoms with E-state index in [0.29, 0.717) is 12.2 Å². The van der Waals surface area contributed by atoms with Gasteiger partial charge < -0.3 is 15.2 Å². The van der Waals surface area contributed by atoms with Crippen LogP contribution < -0.4 is 10.1 Å². The fourth-order valence-corrected chi connectivity index (χ4v) is 5.83. The number of thiophene rings is 1. The Labute approximate surface area is 245 Å². The number of nitrogens with one attached hydrogen (secondary N) is 1. The number of rotatable bonds is 10. The zero-order chi connectivity index (χ0) is 26.4. The number of nitriles is 1. The summed E-state index contributed by atoms with van der Waals surface area (Å²) in [6.45, 7) is 10.8. The Morgan fingerprint density at radius 2 is 2.05 bits per heavy atom. The average Bonchev–Trinajstić information content (AvgIpc) is 3.21. The molecule has 5 nitrogen and oxygen atoms in total. The number of benzene rings is 2. The Kier molecular flexibility index (Phi) is 11.0. The van der Waals surface area contributed by atoms with E-state index in [1.54, 1.807) is 17.4 Å². The summed E-state index contributed by atoms with van der Waals surface area (Å²) in [6, 6.07) is 16.7. The molecule has 0 aliphatic carbocycles. The van der Waals surface area contributed by atoms with Gasteiger partial charge >= 0.3 is 0 Å². The third kappa shape index (κ3) is 7.50. The SMILES string of the molecule is CC/C=C(/Cc1ccc(O[C-](C)CC)c(O)c1)Nc1sc2c(c1C#N)CN(Cc1cccc(C)c1)CC2.[W]. The second-order valence-electron chi connectivity index (χ2n) is 9.67. The average molecular weight is 699 g/mol. The van der Waals surface area contributed by atoms with E-state index in [2.05, 4.69) is 60.5 Å². The third-order valence-electron chi connectivity index (χ3n) is 6.65. The molecule has 3 aromatic rings. The van der Waals surface area contributed by atoms with E-state index >= 15 is 0 Å². The van der Waals surface area contributed by atoms with Crippen LogP contribution in [0.2, 0.25) is 0 Å². The minimum absolute atomic E-state index is 0. The first-order valence-electron chi connectivity index (χ1n) is 13.0. The van der Waals surface area contributed by atoms with Gasteiger partial charge in [-0.05, 0) is 43.0 Å². The fraction of sp³-hybridized carbons (Fsp3) is 0.355. The van der Waals surface area contributed by atoms with E-state index in [4.69, 9.17) is 4.74 Å². The molecule has 0 saturated heterocycles. The van der Waals surface area contributed by atoms with E-state index in [1.165, 1.54) is 16.0 Å². The van der Waals surface area contributed by atoms with Crippen LogP contribution in [0.1, 0.15) is 66.3 Å². The number of nitrogens with zero attached hydrogens (tertiary/aromatic N) is 2. The summed E-state index contributed by atoms with van der Waals surface area (Å²) in [7, 11) is 0. The van der Waals surface area contributed by atoms with Gasteiger partial charge in [0, 0.05) is 63.3 Å². The number of ether oxygens (including phenoxy) is 1. The van der Waals surface area contributed by atoms with Crippen molar-refractivity contribution < 1.29 is 30.9 Å². The van der Waals surface area contributed by atoms with Crippen LogP contribution in [0.15, 0.2) is 54.2 Å². The summed E-state index contributed by atoms with van der Waals surface area (Å²) >= 11 is 1.70. The van der Waals surface area contributed by atoms with E-state index in [9.17, 15) is 10.4 Å². The smallest absolute Gasteiger partial charge is 0.155 e. The summed E-state index contributed by atoms with van der Waals surface area (Å²) in [4.78, 5) is 3.73. The van der Waals surface area contributed by atoms with Gasteiger partial charge in [0.15, 0.2) is 5.75 Å². The van der Waals surface area contributed by atoms with Gasteiger partial charge in [0.05, 0.1) is 5.56 Å². The van der Waals surface area contributed by atoms with Gasteiger partial charge in [0.2, 0.25) is 0 Å². The number of phenols is 1. The predicted octanol–water partition coefficient (Wildman–Crippen LogP) is 7.48. The van der Waals surface area contributed by atoms with Crippen molar-refractivity contribution in [2.24, 2.45) is 0 Å². The number of allylic oxidation sites excluding steroid dienone is 2. The molecule has 2 heterocycles. The first-order chi connectivity index (χ1) is 17.9. The van der Waals surface area contributed by atoms with Gasteiger partial charge in [-0.25, -0.2) is 0 Å². The maximum atomic E-state index is 10.5. The molecular weight excluding hydrogens is 662 g/mol. The molecule has 0 atom stereocenters. The standard InChI is InChI=1S/C31H36N3O2S.W/c1-5-8-25(16-23-11-12-29(28(35)17-23)36-22(4)6-2)33-31-26(18-32)27-20-34(14-13-30(27)37-31)19-24-10-7-9-21(3)15-24;/h7-12,15,17,33,35H,5-6,13-14,16,19-20H2,1-4H3;/q-1;/b25-8-;. The number of phenolic OH excluding ortho intramolecular Hbond substituents is 1. The Morgan fingerprint density at radius 3 is 2.74 bits per heavy atom. The summed E-state index contributed by atoms with van der Waals surface area (Å²) in [5.74, 6) is 0.615. The van der Waals surface area contributed by atoms with Crippen molar-refractivity contribution >= 4 is 16.3 Å². The molecule has 2 aromatic carbocycles. The zero-order valence-electron chi connectivity index (χ0n) is 22.6. The van der Waals surface area contributed by atoms with Crippen LogP contribution in [-0.2, 0) is 47.0 Å². The van der Waals surface area contributed by atoms with Crippen molar-refractivity contribution in [1.29, 1.82) is 5.26 Å². The minimum atomic E-state index is 0. The normalized spacial score (nSPS) is 13.5. The van der Waals surface area contributed by atoms with Crippen molar-refractivity contribution in [3.63, 3.8) is 0 Å². The summed E-state index contributed by atoms with van der Waals surface area (Å²) in [5, 5.41) is 25.1. The van der Waals surface area contributed by atoms with Crippen LogP contribution in [0, 0.1) is 24.4 Å². The topological polar surface area (TPSA) is 68.5 Å². The number of aromatic hydroxyl groups is 1. The Balaban J connectivity index is 0.00000400. The van der Waals surface area contributed by atoms with Gasteiger partial charge in [-0.15, -0.1) is 23.9 Å². The Bertz CT molecular complexity index is 1310. The first kappa shape index (κ1) is 30.0. The van der Waals surface area contributed by atoms with Crippen molar-refractivity contribution in [1.82, 2.24) is 4.90 Å². The molecule has 1 aromatic heterocycles. The minimum Gasteiger partial charge on any atom is -0.657 e. The Hall–Kier alpha value is -2.58. The van der Waals surface area contributed by atoms with Crippen LogP contribution >= 0.6 is 11.3 Å². The first-order valence-corrected chi connectivity index (χ1v) is 13.8. The summed E-state index contributed by atoms with van der Waals surface area (Å²) < 4.78 is 5.72. The zero-order valence-corrected chi connectivity index (χ0v) is 26.4. The van der Waals surface area contributed by atoms with Crippen molar-refractivity contribution in [3.05, 3.63) is 93.0 Å². The molecule has 0 fully saturated rings. The second-order valence-corrected chi connectivity index (χ2v) is 10.8. The van der Waals surface area contributed by atoms with E-state index in [-0.39, 0.29) is 26.8 Å². The summed E-state index contributed by atoms with van der Waals surface area (Å²) in [6.07, 6.45) is 6.27. The van der Waals surface area contributed by atoms with Gasteiger partial charge in [-0.1, -0.05) is 55.8 Å². The van der Waals surface area contributed by atoms with Crippen molar-refractivity contribution in [2.75, 3.05) is 11.9 Å². The third-order valence-corrected chi connectivity index (χ3v) is 7.86. The molecule has 0 amide bonds. The molecule has 7 heteroatoms. The van der Waals surface area contributed by atoms with Crippen LogP contribution in [0.3, 0.4) is 0 Å². The molecule has 1 aliphatic heterocycles. The molecule has 0 bridgehead atoms. The molecule has 0 unspecified atom stereocenters. The molecule has 4 rings (SSSR count). The second kappa shape index (κ2) is 14.0. The number of hydrogen-bond donors (Lipinski definition) is 2. The number of fused-ring (bicyclic) bond motifs is 1. The Morgan fingerprint density at radius 1 is 1.24 bits per heavy atom. The number of hydrogen-bond acceptors (Lipinski definition) is 6. The number of anilines is 1. The molecule has 1 aliphatic rings. The molecule has 0 saturated carbocycles. The van der Waals surface area contributed by atoms with Crippen LogP contribution in [0.5, 0.6) is 11.5 Å². The molecular formula is C31H36N3O2SW-. The summed E-state index contributed by atoms with van der Waals surface area (Å²) in [5.41, 5.74) is 6.51. The fourth-order valence-electron chi connectivity index (χ4n) is 4.65. The predicted molar refractivity (Wildman–Crippen MR) is 152 cm³/mol. The van der Waals surface area contributed by atoms with E-state index in [0.717, 1.165) is 72.4 Å². The van der Waals surface area contributed by atoms with Gasteiger partial charge in [0.1, 0.15) is 16.8 Å². The molecule has 0 spiro atoms.